The van der Waals surface area contributed by atoms with Gasteiger partial charge in [-0.25, -0.2) is 4.79 Å². The molecule has 22 heavy (non-hydrogen) atoms. The number of rotatable bonds is 2. The standard InChI is InChI=1S/C14H18INO5S/c1-14(2,3)21-13(17)16-12(9-20-22(16,18)19)8-10-4-6-11(15)7-5-10/h4-7,12H,8-9H2,1-3H3. The van der Waals surface area contributed by atoms with E-state index in [0.717, 1.165) is 9.13 Å². The summed E-state index contributed by atoms with van der Waals surface area (Å²) in [6.45, 7) is 4.99. The zero-order valence-corrected chi connectivity index (χ0v) is 15.5. The molecule has 1 unspecified atom stereocenters. The van der Waals surface area contributed by atoms with Gasteiger partial charge in [0.15, 0.2) is 0 Å². The van der Waals surface area contributed by atoms with Crippen molar-refractivity contribution in [3.8, 4) is 0 Å². The molecule has 1 fully saturated rings. The van der Waals surface area contributed by atoms with Gasteiger partial charge in [0.05, 0.1) is 12.6 Å². The lowest BCUT2D eigenvalue weighted by Gasteiger charge is -2.25. The van der Waals surface area contributed by atoms with E-state index in [1.807, 2.05) is 24.3 Å². The minimum Gasteiger partial charge on any atom is -0.443 e. The summed E-state index contributed by atoms with van der Waals surface area (Å²) < 4.78 is 35.6. The van der Waals surface area contributed by atoms with Gasteiger partial charge in [-0.2, -0.15) is 12.7 Å². The van der Waals surface area contributed by atoms with Crippen LogP contribution in [0.25, 0.3) is 0 Å². The molecule has 0 aromatic heterocycles. The Labute approximate surface area is 144 Å². The number of halogens is 1. The molecule has 1 aromatic carbocycles. The third kappa shape index (κ3) is 4.32. The minimum absolute atomic E-state index is 0.0619. The maximum atomic E-state index is 12.2. The van der Waals surface area contributed by atoms with Crippen LogP contribution in [0.2, 0.25) is 0 Å². The van der Waals surface area contributed by atoms with Gasteiger partial charge in [0.1, 0.15) is 5.60 Å². The summed E-state index contributed by atoms with van der Waals surface area (Å²) in [5, 5.41) is 0. The van der Waals surface area contributed by atoms with E-state index >= 15 is 0 Å². The summed E-state index contributed by atoms with van der Waals surface area (Å²) in [7, 11) is -4.08. The highest BCUT2D eigenvalue weighted by Crippen LogP contribution is 2.25. The summed E-state index contributed by atoms with van der Waals surface area (Å²) in [6.07, 6.45) is -0.518. The quantitative estimate of drug-likeness (QED) is 0.663. The lowest BCUT2D eigenvalue weighted by Crippen LogP contribution is -2.43. The van der Waals surface area contributed by atoms with Crippen LogP contribution in [-0.4, -0.2) is 37.1 Å². The van der Waals surface area contributed by atoms with Crippen molar-refractivity contribution >= 4 is 39.0 Å². The van der Waals surface area contributed by atoms with Gasteiger partial charge in [-0.1, -0.05) is 12.1 Å². The van der Waals surface area contributed by atoms with Crippen LogP contribution in [0.5, 0.6) is 0 Å². The molecule has 1 atom stereocenters. The van der Waals surface area contributed by atoms with Crippen LogP contribution in [0.3, 0.4) is 0 Å². The number of carbonyl (C=O) groups excluding carboxylic acids is 1. The van der Waals surface area contributed by atoms with Crippen molar-refractivity contribution in [3.05, 3.63) is 33.4 Å². The smallest absolute Gasteiger partial charge is 0.426 e. The Balaban J connectivity index is 2.19. The zero-order chi connectivity index (χ0) is 16.5. The predicted octanol–water partition coefficient (Wildman–Crippen LogP) is 2.71. The molecule has 0 aliphatic carbocycles. The number of nitrogens with zero attached hydrogens (tertiary/aromatic N) is 1. The molecule has 6 nitrogen and oxygen atoms in total. The molecular formula is C14H18INO5S. The zero-order valence-electron chi connectivity index (χ0n) is 12.6. The van der Waals surface area contributed by atoms with Crippen molar-refractivity contribution in [1.29, 1.82) is 0 Å². The van der Waals surface area contributed by atoms with Crippen LogP contribution in [-0.2, 0) is 25.6 Å². The molecular weight excluding hydrogens is 421 g/mol. The Morgan fingerprint density at radius 2 is 1.95 bits per heavy atom. The summed E-state index contributed by atoms with van der Waals surface area (Å²) in [4.78, 5) is 12.2. The van der Waals surface area contributed by atoms with Gasteiger partial charge in [-0.05, 0) is 67.5 Å². The maximum absolute atomic E-state index is 12.2. The highest BCUT2D eigenvalue weighted by Gasteiger charge is 2.44. The molecule has 0 bridgehead atoms. The Morgan fingerprint density at radius 3 is 2.50 bits per heavy atom. The highest BCUT2D eigenvalue weighted by molar-refractivity contribution is 14.1. The van der Waals surface area contributed by atoms with Crippen LogP contribution in [0.4, 0.5) is 4.79 Å². The second-order valence-corrected chi connectivity index (χ2v) is 8.73. The van der Waals surface area contributed by atoms with E-state index in [2.05, 4.69) is 22.6 Å². The average molecular weight is 439 g/mol. The Kier molecular flexibility index (Phi) is 5.03. The van der Waals surface area contributed by atoms with Gasteiger partial charge in [0.2, 0.25) is 0 Å². The Morgan fingerprint density at radius 1 is 1.36 bits per heavy atom. The van der Waals surface area contributed by atoms with Crippen molar-refractivity contribution in [1.82, 2.24) is 4.31 Å². The molecule has 1 aliphatic heterocycles. The van der Waals surface area contributed by atoms with E-state index in [1.165, 1.54) is 0 Å². The summed E-state index contributed by atoms with van der Waals surface area (Å²) in [5.74, 6) is 0. The number of hydrogen-bond donors (Lipinski definition) is 0. The van der Waals surface area contributed by atoms with Crippen molar-refractivity contribution < 1.29 is 22.1 Å². The molecule has 8 heteroatoms. The average Bonchev–Trinajstić information content (AvgIpc) is 2.65. The van der Waals surface area contributed by atoms with E-state index in [0.29, 0.717) is 10.7 Å². The van der Waals surface area contributed by atoms with Crippen LogP contribution in [0.15, 0.2) is 24.3 Å². The lowest BCUT2D eigenvalue weighted by atomic mass is 10.1. The second kappa shape index (κ2) is 6.32. The maximum Gasteiger partial charge on any atom is 0.426 e. The first-order valence-electron chi connectivity index (χ1n) is 6.75. The number of amides is 1. The normalized spacial score (nSPS) is 20.9. The van der Waals surface area contributed by atoms with E-state index in [9.17, 15) is 13.2 Å². The summed E-state index contributed by atoms with van der Waals surface area (Å²) in [5.41, 5.74) is 0.155. The highest BCUT2D eigenvalue weighted by atomic mass is 127. The third-order valence-electron chi connectivity index (χ3n) is 2.94. The van der Waals surface area contributed by atoms with Crippen molar-refractivity contribution in [2.45, 2.75) is 38.8 Å². The van der Waals surface area contributed by atoms with E-state index in [1.54, 1.807) is 20.8 Å². The van der Waals surface area contributed by atoms with Crippen LogP contribution < -0.4 is 0 Å². The SMILES string of the molecule is CC(C)(C)OC(=O)N1C(Cc2ccc(I)cc2)COS1(=O)=O. The van der Waals surface area contributed by atoms with Gasteiger partial charge in [-0.15, -0.1) is 0 Å². The molecule has 0 saturated carbocycles. The summed E-state index contributed by atoms with van der Waals surface area (Å²) >= 11 is 2.19. The Bertz CT molecular complexity index is 651. The molecule has 1 saturated heterocycles. The first-order chi connectivity index (χ1) is 10.1. The summed E-state index contributed by atoms with van der Waals surface area (Å²) in [6, 6.07) is 7.07. The fraction of sp³-hybridized carbons (Fsp3) is 0.500. The third-order valence-corrected chi connectivity index (χ3v) is 5.02. The Hall–Kier alpha value is -0.870. The lowest BCUT2D eigenvalue weighted by molar-refractivity contribution is 0.0357. The predicted molar refractivity (Wildman–Crippen MR) is 89.6 cm³/mol. The monoisotopic (exact) mass is 439 g/mol. The van der Waals surface area contributed by atoms with Crippen molar-refractivity contribution in [2.24, 2.45) is 0 Å². The van der Waals surface area contributed by atoms with Crippen LogP contribution in [0.1, 0.15) is 26.3 Å². The van der Waals surface area contributed by atoms with E-state index in [4.69, 9.17) is 8.92 Å². The fourth-order valence-electron chi connectivity index (χ4n) is 2.05. The molecule has 0 radical (unpaired) electrons. The number of hydrogen-bond acceptors (Lipinski definition) is 5. The van der Waals surface area contributed by atoms with Gasteiger partial charge in [0.25, 0.3) is 0 Å². The van der Waals surface area contributed by atoms with Gasteiger partial charge < -0.3 is 4.74 Å². The van der Waals surface area contributed by atoms with Crippen LogP contribution >= 0.6 is 22.6 Å². The van der Waals surface area contributed by atoms with Crippen molar-refractivity contribution in [2.75, 3.05) is 6.61 Å². The largest absolute Gasteiger partial charge is 0.443 e. The molecule has 2 rings (SSSR count). The fourth-order valence-corrected chi connectivity index (χ4v) is 3.58. The second-order valence-electron chi connectivity index (χ2n) is 6.00. The molecule has 1 amide bonds. The number of ether oxygens (including phenoxy) is 1. The number of carbonyl (C=O) groups is 1. The van der Waals surface area contributed by atoms with Crippen molar-refractivity contribution in [3.63, 3.8) is 0 Å². The molecule has 0 spiro atoms. The first-order valence-corrected chi connectivity index (χ1v) is 9.19. The minimum atomic E-state index is -4.08. The van der Waals surface area contributed by atoms with Gasteiger partial charge >= 0.3 is 16.4 Å². The molecule has 1 heterocycles. The van der Waals surface area contributed by atoms with Gasteiger partial charge in [0, 0.05) is 3.57 Å². The topological polar surface area (TPSA) is 72.9 Å². The van der Waals surface area contributed by atoms with Crippen LogP contribution in [0, 0.1) is 3.57 Å². The molecule has 1 aliphatic rings. The van der Waals surface area contributed by atoms with E-state index < -0.39 is 28.0 Å². The number of benzene rings is 1. The molecule has 0 N–H and O–H groups in total. The van der Waals surface area contributed by atoms with Gasteiger partial charge in [-0.3, -0.25) is 4.18 Å². The molecule has 1 aromatic rings. The first kappa shape index (κ1) is 17.5. The van der Waals surface area contributed by atoms with E-state index in [-0.39, 0.29) is 6.61 Å². The molecule has 122 valence electrons.